The van der Waals surface area contributed by atoms with Gasteiger partial charge < -0.3 is 9.80 Å². The van der Waals surface area contributed by atoms with Gasteiger partial charge in [-0.1, -0.05) is 20.8 Å². The van der Waals surface area contributed by atoms with E-state index in [1.165, 1.54) is 19.6 Å². The van der Waals surface area contributed by atoms with Crippen molar-refractivity contribution in [2.45, 2.75) is 20.8 Å². The number of nitrogens with zero attached hydrogens (tertiary/aromatic N) is 2. The molecule has 0 amide bonds. The Bertz CT molecular complexity index is 102. The molecule has 0 aliphatic carbocycles. The molecule has 0 heterocycles. The second-order valence-corrected chi connectivity index (χ2v) is 4.05. The van der Waals surface area contributed by atoms with Crippen molar-refractivity contribution in [3.8, 4) is 0 Å². The molecular formula is C10H24N2. The van der Waals surface area contributed by atoms with Gasteiger partial charge in [-0.05, 0) is 26.6 Å². The van der Waals surface area contributed by atoms with Gasteiger partial charge in [0, 0.05) is 19.6 Å². The fourth-order valence-electron chi connectivity index (χ4n) is 1.21. The van der Waals surface area contributed by atoms with Gasteiger partial charge in [0.2, 0.25) is 0 Å². The molecule has 0 radical (unpaired) electrons. The van der Waals surface area contributed by atoms with E-state index in [0.717, 1.165) is 12.5 Å². The second-order valence-electron chi connectivity index (χ2n) is 4.05. The standard InChI is InChI=1S/C10H24N2/c1-6-11(4)7-8-12(5)9-10(2)3/h10H,6-9H2,1-5H3. The van der Waals surface area contributed by atoms with E-state index in [1.807, 2.05) is 0 Å². The van der Waals surface area contributed by atoms with E-state index in [9.17, 15) is 0 Å². The van der Waals surface area contributed by atoms with Crippen LogP contribution in [0.3, 0.4) is 0 Å². The fraction of sp³-hybridized carbons (Fsp3) is 1.00. The molecule has 0 aliphatic heterocycles. The van der Waals surface area contributed by atoms with Gasteiger partial charge >= 0.3 is 0 Å². The second kappa shape index (κ2) is 6.44. The van der Waals surface area contributed by atoms with E-state index in [1.54, 1.807) is 0 Å². The Labute approximate surface area is 77.5 Å². The molecule has 74 valence electrons. The molecule has 0 saturated heterocycles. The summed E-state index contributed by atoms with van der Waals surface area (Å²) in [7, 11) is 4.37. The van der Waals surface area contributed by atoms with Gasteiger partial charge in [-0.15, -0.1) is 0 Å². The zero-order valence-corrected chi connectivity index (χ0v) is 9.30. The van der Waals surface area contributed by atoms with Crippen LogP contribution in [0.4, 0.5) is 0 Å². The third-order valence-corrected chi connectivity index (χ3v) is 2.08. The first kappa shape index (κ1) is 11.9. The molecule has 0 saturated carbocycles. The molecule has 0 unspecified atom stereocenters. The Morgan fingerprint density at radius 1 is 1.00 bits per heavy atom. The molecule has 2 heteroatoms. The van der Waals surface area contributed by atoms with Gasteiger partial charge in [0.05, 0.1) is 0 Å². The molecule has 2 nitrogen and oxygen atoms in total. The van der Waals surface area contributed by atoms with Crippen LogP contribution < -0.4 is 0 Å². The Morgan fingerprint density at radius 3 is 1.92 bits per heavy atom. The van der Waals surface area contributed by atoms with Crippen LogP contribution in [0.5, 0.6) is 0 Å². The van der Waals surface area contributed by atoms with Crippen molar-refractivity contribution in [2.75, 3.05) is 40.3 Å². The molecular weight excluding hydrogens is 148 g/mol. The zero-order valence-electron chi connectivity index (χ0n) is 9.30. The summed E-state index contributed by atoms with van der Waals surface area (Å²) in [6, 6.07) is 0. The highest BCUT2D eigenvalue weighted by atomic mass is 15.2. The van der Waals surface area contributed by atoms with Crippen LogP contribution in [0.25, 0.3) is 0 Å². The molecule has 0 atom stereocenters. The zero-order chi connectivity index (χ0) is 9.56. The van der Waals surface area contributed by atoms with Crippen LogP contribution in [0.1, 0.15) is 20.8 Å². The van der Waals surface area contributed by atoms with Crippen LogP contribution in [-0.4, -0.2) is 50.1 Å². The maximum Gasteiger partial charge on any atom is 0.0106 e. The first-order chi connectivity index (χ1) is 5.56. The maximum absolute atomic E-state index is 2.40. The lowest BCUT2D eigenvalue weighted by Gasteiger charge is -2.22. The fourth-order valence-corrected chi connectivity index (χ4v) is 1.21. The average Bonchev–Trinajstić information content (AvgIpc) is 1.99. The topological polar surface area (TPSA) is 6.48 Å². The first-order valence-corrected chi connectivity index (χ1v) is 4.93. The summed E-state index contributed by atoms with van der Waals surface area (Å²) in [5, 5.41) is 0. The summed E-state index contributed by atoms with van der Waals surface area (Å²) < 4.78 is 0. The van der Waals surface area contributed by atoms with Gasteiger partial charge in [0.25, 0.3) is 0 Å². The van der Waals surface area contributed by atoms with E-state index in [-0.39, 0.29) is 0 Å². The summed E-state index contributed by atoms with van der Waals surface area (Å²) in [6.45, 7) is 11.4. The smallest absolute Gasteiger partial charge is 0.0106 e. The Balaban J connectivity index is 3.36. The van der Waals surface area contributed by atoms with E-state index < -0.39 is 0 Å². The van der Waals surface area contributed by atoms with E-state index in [0.29, 0.717) is 0 Å². The largest absolute Gasteiger partial charge is 0.305 e. The summed E-state index contributed by atoms with van der Waals surface area (Å²) >= 11 is 0. The predicted octanol–water partition coefficient (Wildman–Crippen LogP) is 1.53. The molecule has 0 aromatic carbocycles. The Hall–Kier alpha value is -0.0800. The molecule has 12 heavy (non-hydrogen) atoms. The lowest BCUT2D eigenvalue weighted by Crippen LogP contribution is -2.32. The van der Waals surface area contributed by atoms with E-state index in [4.69, 9.17) is 0 Å². The number of likely N-dealkylation sites (N-methyl/N-ethyl adjacent to an activating group) is 2. The average molecular weight is 172 g/mol. The van der Waals surface area contributed by atoms with Crippen molar-refractivity contribution >= 4 is 0 Å². The molecule has 0 aromatic rings. The minimum absolute atomic E-state index is 0.780. The SMILES string of the molecule is CCN(C)CCN(C)CC(C)C. The third-order valence-electron chi connectivity index (χ3n) is 2.08. The monoisotopic (exact) mass is 172 g/mol. The summed E-state index contributed by atoms with van der Waals surface area (Å²) in [5.74, 6) is 0.780. The Kier molecular flexibility index (Phi) is 6.39. The van der Waals surface area contributed by atoms with Crippen molar-refractivity contribution in [1.82, 2.24) is 9.80 Å². The van der Waals surface area contributed by atoms with Crippen LogP contribution in [0.2, 0.25) is 0 Å². The molecule has 0 fully saturated rings. The van der Waals surface area contributed by atoms with Gasteiger partial charge in [-0.2, -0.15) is 0 Å². The lowest BCUT2D eigenvalue weighted by atomic mass is 10.2. The maximum atomic E-state index is 2.40. The summed E-state index contributed by atoms with van der Waals surface area (Å²) in [5.41, 5.74) is 0. The third kappa shape index (κ3) is 6.62. The first-order valence-electron chi connectivity index (χ1n) is 4.93. The van der Waals surface area contributed by atoms with Gasteiger partial charge in [-0.25, -0.2) is 0 Å². The number of hydrogen-bond donors (Lipinski definition) is 0. The number of rotatable bonds is 6. The summed E-state index contributed by atoms with van der Waals surface area (Å²) in [4.78, 5) is 4.74. The van der Waals surface area contributed by atoms with E-state index >= 15 is 0 Å². The quantitative estimate of drug-likeness (QED) is 0.599. The minimum Gasteiger partial charge on any atom is -0.305 e. The Morgan fingerprint density at radius 2 is 1.50 bits per heavy atom. The van der Waals surface area contributed by atoms with Crippen LogP contribution in [0, 0.1) is 5.92 Å². The van der Waals surface area contributed by atoms with Crippen molar-refractivity contribution in [3.05, 3.63) is 0 Å². The van der Waals surface area contributed by atoms with Crippen LogP contribution in [0.15, 0.2) is 0 Å². The highest BCUT2D eigenvalue weighted by molar-refractivity contribution is 4.57. The normalized spacial score (nSPS) is 12.0. The molecule has 0 bridgehead atoms. The number of hydrogen-bond acceptors (Lipinski definition) is 2. The van der Waals surface area contributed by atoms with Crippen LogP contribution in [-0.2, 0) is 0 Å². The van der Waals surface area contributed by atoms with Gasteiger partial charge in [-0.3, -0.25) is 0 Å². The van der Waals surface area contributed by atoms with Crippen molar-refractivity contribution in [3.63, 3.8) is 0 Å². The highest BCUT2D eigenvalue weighted by Crippen LogP contribution is 1.95. The van der Waals surface area contributed by atoms with Crippen LogP contribution >= 0.6 is 0 Å². The van der Waals surface area contributed by atoms with Gasteiger partial charge in [0.1, 0.15) is 0 Å². The molecule has 0 aliphatic rings. The highest BCUT2D eigenvalue weighted by Gasteiger charge is 2.02. The van der Waals surface area contributed by atoms with Crippen molar-refractivity contribution < 1.29 is 0 Å². The minimum atomic E-state index is 0.780. The molecule has 0 spiro atoms. The van der Waals surface area contributed by atoms with Crippen molar-refractivity contribution in [1.29, 1.82) is 0 Å². The molecule has 0 N–H and O–H groups in total. The molecule has 0 rings (SSSR count). The lowest BCUT2D eigenvalue weighted by molar-refractivity contribution is 0.245. The predicted molar refractivity (Wildman–Crippen MR) is 55.5 cm³/mol. The van der Waals surface area contributed by atoms with Crippen molar-refractivity contribution in [2.24, 2.45) is 5.92 Å². The van der Waals surface area contributed by atoms with Gasteiger partial charge in [0.15, 0.2) is 0 Å². The molecule has 0 aromatic heterocycles. The summed E-state index contributed by atoms with van der Waals surface area (Å²) in [6.07, 6.45) is 0. The van der Waals surface area contributed by atoms with E-state index in [2.05, 4.69) is 44.7 Å².